The molecule has 1 aromatic carbocycles. The number of phenols is 1. The lowest BCUT2D eigenvalue weighted by Crippen LogP contribution is -2.10. The lowest BCUT2D eigenvalue weighted by Gasteiger charge is -2.09. The number of phenolic OH excluding ortho intramolecular Hbond substituents is 1. The topological polar surface area (TPSA) is 41.5 Å². The molecule has 3 heteroatoms. The molecule has 1 aromatic rings. The Morgan fingerprint density at radius 2 is 2.14 bits per heavy atom. The Bertz CT molecular complexity index is 297. The van der Waals surface area contributed by atoms with E-state index >= 15 is 0 Å². The molecule has 0 bridgehead atoms. The molecule has 2 N–H and O–H groups in total. The predicted molar refractivity (Wildman–Crippen MR) is 56.0 cm³/mol. The summed E-state index contributed by atoms with van der Waals surface area (Å²) in [5.41, 5.74) is 4.68. The second kappa shape index (κ2) is 4.98. The lowest BCUT2D eigenvalue weighted by molar-refractivity contribution is 0.0861. The van der Waals surface area contributed by atoms with E-state index in [-0.39, 0.29) is 0 Å². The summed E-state index contributed by atoms with van der Waals surface area (Å²) in [4.78, 5) is 4.72. The van der Waals surface area contributed by atoms with Crippen LogP contribution in [0.1, 0.15) is 30.9 Å². The smallest absolute Gasteiger partial charge is 0.120 e. The average Bonchev–Trinajstić information content (AvgIpc) is 2.15. The second-order valence-corrected chi connectivity index (χ2v) is 3.57. The molecule has 0 aliphatic heterocycles. The Hall–Kier alpha value is -1.06. The average molecular weight is 195 g/mol. The van der Waals surface area contributed by atoms with Crippen LogP contribution in [0.2, 0.25) is 0 Å². The van der Waals surface area contributed by atoms with Crippen molar-refractivity contribution in [1.82, 2.24) is 5.48 Å². The number of hydrogen-bond acceptors (Lipinski definition) is 3. The maximum Gasteiger partial charge on any atom is 0.120 e. The number of benzene rings is 1. The van der Waals surface area contributed by atoms with Crippen LogP contribution >= 0.6 is 0 Å². The summed E-state index contributed by atoms with van der Waals surface area (Å²) in [6.45, 7) is 4.71. The molecule has 1 rings (SSSR count). The van der Waals surface area contributed by atoms with E-state index in [0.29, 0.717) is 18.2 Å². The number of hydroxylamine groups is 1. The highest BCUT2D eigenvalue weighted by molar-refractivity contribution is 5.37. The van der Waals surface area contributed by atoms with Crippen LogP contribution in [-0.2, 0) is 11.4 Å². The monoisotopic (exact) mass is 195 g/mol. The van der Waals surface area contributed by atoms with Crippen molar-refractivity contribution in [2.24, 2.45) is 0 Å². The highest BCUT2D eigenvalue weighted by atomic mass is 16.6. The van der Waals surface area contributed by atoms with Crippen molar-refractivity contribution in [3.8, 4) is 5.75 Å². The zero-order valence-electron chi connectivity index (χ0n) is 8.87. The van der Waals surface area contributed by atoms with E-state index in [2.05, 4.69) is 19.3 Å². The first-order valence-corrected chi connectivity index (χ1v) is 4.72. The summed E-state index contributed by atoms with van der Waals surface area (Å²) < 4.78 is 0. The fourth-order valence-electron chi connectivity index (χ4n) is 1.24. The van der Waals surface area contributed by atoms with Gasteiger partial charge in [0, 0.05) is 12.1 Å². The number of nitrogens with one attached hydrogen (secondary N) is 1. The third-order valence-corrected chi connectivity index (χ3v) is 2.18. The predicted octanol–water partition coefficient (Wildman–Crippen LogP) is 2.17. The van der Waals surface area contributed by atoms with Gasteiger partial charge in [0.25, 0.3) is 0 Å². The Labute approximate surface area is 84.7 Å². The highest BCUT2D eigenvalue weighted by Gasteiger charge is 2.04. The van der Waals surface area contributed by atoms with E-state index in [1.807, 2.05) is 12.1 Å². The van der Waals surface area contributed by atoms with Gasteiger partial charge in [0.2, 0.25) is 0 Å². The maximum absolute atomic E-state index is 9.67. The van der Waals surface area contributed by atoms with Crippen LogP contribution in [0, 0.1) is 0 Å². The third-order valence-electron chi connectivity index (χ3n) is 2.18. The van der Waals surface area contributed by atoms with Gasteiger partial charge in [-0.15, -0.1) is 0 Å². The van der Waals surface area contributed by atoms with Gasteiger partial charge < -0.3 is 9.94 Å². The first-order valence-electron chi connectivity index (χ1n) is 4.72. The van der Waals surface area contributed by atoms with E-state index in [0.717, 1.165) is 11.1 Å². The van der Waals surface area contributed by atoms with Crippen molar-refractivity contribution < 1.29 is 9.94 Å². The van der Waals surface area contributed by atoms with Gasteiger partial charge in [0.05, 0.1) is 7.11 Å². The minimum absolute atomic E-state index is 0.320. The Morgan fingerprint density at radius 3 is 2.64 bits per heavy atom. The van der Waals surface area contributed by atoms with Gasteiger partial charge in [-0.05, 0) is 17.5 Å². The minimum Gasteiger partial charge on any atom is -0.508 e. The summed E-state index contributed by atoms with van der Waals surface area (Å²) in [5, 5.41) is 9.67. The van der Waals surface area contributed by atoms with Gasteiger partial charge in [-0.1, -0.05) is 26.0 Å². The molecule has 0 aromatic heterocycles. The molecular formula is C11H17NO2. The van der Waals surface area contributed by atoms with Crippen LogP contribution in [0.3, 0.4) is 0 Å². The molecule has 0 aliphatic rings. The largest absolute Gasteiger partial charge is 0.508 e. The zero-order chi connectivity index (χ0) is 10.6. The first kappa shape index (κ1) is 11.0. The molecule has 0 spiro atoms. The van der Waals surface area contributed by atoms with Crippen molar-refractivity contribution >= 4 is 0 Å². The third kappa shape index (κ3) is 2.72. The number of hydrogen-bond donors (Lipinski definition) is 2. The Kier molecular flexibility index (Phi) is 3.92. The number of rotatable bonds is 4. The van der Waals surface area contributed by atoms with Gasteiger partial charge in [0.15, 0.2) is 0 Å². The van der Waals surface area contributed by atoms with Crippen LogP contribution in [0.25, 0.3) is 0 Å². The summed E-state index contributed by atoms with van der Waals surface area (Å²) in [6.07, 6.45) is 0. The second-order valence-electron chi connectivity index (χ2n) is 3.57. The first-order chi connectivity index (χ1) is 6.65. The van der Waals surface area contributed by atoms with Crippen LogP contribution in [0.15, 0.2) is 18.2 Å². The molecular weight excluding hydrogens is 178 g/mol. The van der Waals surface area contributed by atoms with Crippen molar-refractivity contribution in [3.63, 3.8) is 0 Å². The van der Waals surface area contributed by atoms with Crippen molar-refractivity contribution in [3.05, 3.63) is 29.3 Å². The van der Waals surface area contributed by atoms with Gasteiger partial charge in [-0.25, -0.2) is 0 Å². The van der Waals surface area contributed by atoms with E-state index in [4.69, 9.17) is 4.84 Å². The van der Waals surface area contributed by atoms with E-state index in [1.165, 1.54) is 0 Å². The van der Waals surface area contributed by atoms with E-state index in [9.17, 15) is 5.11 Å². The molecule has 0 saturated heterocycles. The maximum atomic E-state index is 9.67. The molecule has 0 amide bonds. The summed E-state index contributed by atoms with van der Waals surface area (Å²) in [7, 11) is 1.56. The van der Waals surface area contributed by atoms with Crippen LogP contribution < -0.4 is 5.48 Å². The summed E-state index contributed by atoms with van der Waals surface area (Å²) in [5.74, 6) is 0.756. The molecule has 0 aliphatic carbocycles. The molecule has 0 saturated carbocycles. The zero-order valence-corrected chi connectivity index (χ0v) is 8.87. The normalized spacial score (nSPS) is 10.9. The molecule has 0 atom stereocenters. The van der Waals surface area contributed by atoms with Gasteiger partial charge in [0.1, 0.15) is 5.75 Å². The van der Waals surface area contributed by atoms with E-state index in [1.54, 1.807) is 13.2 Å². The highest BCUT2D eigenvalue weighted by Crippen LogP contribution is 2.23. The van der Waals surface area contributed by atoms with Crippen molar-refractivity contribution in [2.45, 2.75) is 26.3 Å². The van der Waals surface area contributed by atoms with Gasteiger partial charge in [-0.3, -0.25) is 0 Å². The standard InChI is InChI=1S/C11H17NO2/c1-8(2)9-4-5-10(7-12-14-3)11(13)6-9/h4-6,8,12-13H,7H2,1-3H3. The Balaban J connectivity index is 2.79. The van der Waals surface area contributed by atoms with Crippen LogP contribution in [-0.4, -0.2) is 12.2 Å². The lowest BCUT2D eigenvalue weighted by atomic mass is 10.0. The van der Waals surface area contributed by atoms with Crippen LogP contribution in [0.5, 0.6) is 5.75 Å². The fraction of sp³-hybridized carbons (Fsp3) is 0.455. The Morgan fingerprint density at radius 1 is 1.43 bits per heavy atom. The molecule has 0 fully saturated rings. The summed E-state index contributed by atoms with van der Waals surface area (Å²) >= 11 is 0. The van der Waals surface area contributed by atoms with Crippen molar-refractivity contribution in [1.29, 1.82) is 0 Å². The summed E-state index contributed by atoms with van der Waals surface area (Å²) in [6, 6.07) is 5.74. The molecule has 0 unspecified atom stereocenters. The fourth-order valence-corrected chi connectivity index (χ4v) is 1.24. The minimum atomic E-state index is 0.320. The SMILES string of the molecule is CONCc1ccc(C(C)C)cc1O. The molecule has 78 valence electrons. The van der Waals surface area contributed by atoms with Gasteiger partial charge in [-0.2, -0.15) is 5.48 Å². The van der Waals surface area contributed by atoms with E-state index < -0.39 is 0 Å². The van der Waals surface area contributed by atoms with Crippen LogP contribution in [0.4, 0.5) is 0 Å². The molecule has 0 radical (unpaired) electrons. The van der Waals surface area contributed by atoms with Crippen molar-refractivity contribution in [2.75, 3.05) is 7.11 Å². The van der Waals surface area contributed by atoms with Gasteiger partial charge >= 0.3 is 0 Å². The molecule has 14 heavy (non-hydrogen) atoms. The molecule has 3 nitrogen and oxygen atoms in total. The quantitative estimate of drug-likeness (QED) is 0.723. The molecule has 0 heterocycles. The number of aromatic hydroxyl groups is 1.